The van der Waals surface area contributed by atoms with Gasteiger partial charge < -0.3 is 21.7 Å². The second kappa shape index (κ2) is 10.3. The molecule has 1 aliphatic carbocycles. The third-order valence-electron chi connectivity index (χ3n) is 7.78. The molecule has 0 radical (unpaired) electrons. The van der Waals surface area contributed by atoms with Crippen LogP contribution in [0.2, 0.25) is 0 Å². The Balaban J connectivity index is 1.43. The molecule has 2 atom stereocenters. The van der Waals surface area contributed by atoms with Crippen LogP contribution in [0.3, 0.4) is 0 Å². The number of aliphatic imine (C=N–C) groups is 1. The van der Waals surface area contributed by atoms with E-state index in [4.69, 9.17) is 11.5 Å². The van der Waals surface area contributed by atoms with Gasteiger partial charge in [-0.15, -0.1) is 0 Å². The molecule has 0 unspecified atom stereocenters. The van der Waals surface area contributed by atoms with E-state index in [2.05, 4.69) is 34.6 Å². The molecule has 9 heteroatoms. The van der Waals surface area contributed by atoms with Crippen molar-refractivity contribution in [2.75, 3.05) is 19.6 Å². The molecule has 190 valence electrons. The van der Waals surface area contributed by atoms with Crippen molar-refractivity contribution in [3.05, 3.63) is 35.4 Å². The van der Waals surface area contributed by atoms with Gasteiger partial charge in [-0.3, -0.25) is 14.6 Å². The molecule has 0 bridgehead atoms. The third kappa shape index (κ3) is 5.13. The molecular weight excluding hydrogens is 444 g/mol. The summed E-state index contributed by atoms with van der Waals surface area (Å²) < 4.78 is 0. The molecule has 4 rings (SSSR count). The summed E-state index contributed by atoms with van der Waals surface area (Å²) in [5.74, 6) is -0.301. The number of imide groups is 1. The van der Waals surface area contributed by atoms with Gasteiger partial charge in [0, 0.05) is 19.6 Å². The molecule has 1 aromatic rings. The van der Waals surface area contributed by atoms with Crippen molar-refractivity contribution < 1.29 is 14.4 Å². The first-order valence-corrected chi connectivity index (χ1v) is 12.8. The number of amides is 4. The molecule has 0 saturated carbocycles. The number of carbonyl (C=O) groups is 3. The molecule has 0 aromatic heterocycles. The largest absolute Gasteiger partial charge is 0.370 e. The minimum absolute atomic E-state index is 0.000378. The summed E-state index contributed by atoms with van der Waals surface area (Å²) in [5.41, 5.74) is 13.7. The number of hydrogen-bond donors (Lipinski definition) is 3. The Labute approximate surface area is 207 Å². The minimum Gasteiger partial charge on any atom is -0.370 e. The SMILES string of the molecule is CC(C)C[C@H](C(=O)N1CCC2(CCc3ccccc32)CC1)N1C(=O)N[C@H](CCCN=C(N)N)C1=O. The predicted molar refractivity (Wildman–Crippen MR) is 135 cm³/mol. The van der Waals surface area contributed by atoms with E-state index in [1.807, 2.05) is 18.7 Å². The summed E-state index contributed by atoms with van der Waals surface area (Å²) >= 11 is 0. The molecule has 4 amide bonds. The van der Waals surface area contributed by atoms with Gasteiger partial charge in [0.25, 0.3) is 5.91 Å². The van der Waals surface area contributed by atoms with Crippen LogP contribution in [0.1, 0.15) is 63.5 Å². The number of benzene rings is 1. The van der Waals surface area contributed by atoms with Crippen LogP contribution >= 0.6 is 0 Å². The van der Waals surface area contributed by atoms with Crippen LogP contribution in [0, 0.1) is 5.92 Å². The van der Waals surface area contributed by atoms with Gasteiger partial charge in [0.05, 0.1) is 0 Å². The maximum atomic E-state index is 13.7. The number of rotatable bonds is 8. The number of carbonyl (C=O) groups excluding carboxylic acids is 3. The lowest BCUT2D eigenvalue weighted by atomic mass is 9.73. The quantitative estimate of drug-likeness (QED) is 0.225. The van der Waals surface area contributed by atoms with Crippen molar-refractivity contribution in [2.45, 2.75) is 76.3 Å². The molecule has 2 fully saturated rings. The molecule has 3 aliphatic rings. The van der Waals surface area contributed by atoms with Crippen molar-refractivity contribution in [1.29, 1.82) is 0 Å². The number of fused-ring (bicyclic) bond motifs is 2. The van der Waals surface area contributed by atoms with Gasteiger partial charge in [-0.2, -0.15) is 0 Å². The summed E-state index contributed by atoms with van der Waals surface area (Å²) in [5, 5.41) is 2.76. The Bertz CT molecular complexity index is 995. The van der Waals surface area contributed by atoms with Crippen LogP contribution in [0.4, 0.5) is 4.79 Å². The lowest BCUT2D eigenvalue weighted by molar-refractivity contribution is -0.143. The summed E-state index contributed by atoms with van der Waals surface area (Å²) in [4.78, 5) is 46.7. The lowest BCUT2D eigenvalue weighted by Crippen LogP contribution is -2.54. The molecule has 2 heterocycles. The van der Waals surface area contributed by atoms with Crippen LogP contribution in [0.15, 0.2) is 29.3 Å². The van der Waals surface area contributed by atoms with Gasteiger partial charge in [-0.05, 0) is 67.4 Å². The standard InChI is InChI=1S/C26H38N6O3/c1-17(2)16-21(32-22(33)20(30-25(32)35)8-5-13-29-24(27)28)23(34)31-14-11-26(12-15-31)10-9-18-6-3-4-7-19(18)26/h3-4,6-7,17,20-21H,5,8-16H2,1-2H3,(H,30,35)(H4,27,28,29)/t20-,21-/m1/s1. The maximum absolute atomic E-state index is 13.7. The van der Waals surface area contributed by atoms with E-state index < -0.39 is 18.1 Å². The summed E-state index contributed by atoms with van der Waals surface area (Å²) in [6, 6.07) is 6.73. The van der Waals surface area contributed by atoms with Crippen LogP contribution in [0.5, 0.6) is 0 Å². The smallest absolute Gasteiger partial charge is 0.325 e. The van der Waals surface area contributed by atoms with Gasteiger partial charge in [0.1, 0.15) is 12.1 Å². The fraction of sp³-hybridized carbons (Fsp3) is 0.615. The predicted octanol–water partition coefficient (Wildman–Crippen LogP) is 1.88. The highest BCUT2D eigenvalue weighted by Crippen LogP contribution is 2.46. The Morgan fingerprint density at radius 2 is 1.89 bits per heavy atom. The van der Waals surface area contributed by atoms with Crippen LogP contribution in [0.25, 0.3) is 0 Å². The average molecular weight is 483 g/mol. The van der Waals surface area contributed by atoms with Crippen molar-refractivity contribution >= 4 is 23.8 Å². The normalized spacial score (nSPS) is 21.9. The summed E-state index contributed by atoms with van der Waals surface area (Å²) in [7, 11) is 0. The number of aryl methyl sites for hydroxylation is 1. The van der Waals surface area contributed by atoms with Crippen LogP contribution in [-0.2, 0) is 21.4 Å². The zero-order valence-corrected chi connectivity index (χ0v) is 20.8. The zero-order valence-electron chi connectivity index (χ0n) is 20.8. The number of nitrogens with two attached hydrogens (primary N) is 2. The average Bonchev–Trinajstić information content (AvgIpc) is 3.32. The number of nitrogens with one attached hydrogen (secondary N) is 1. The fourth-order valence-electron chi connectivity index (χ4n) is 5.96. The molecule has 1 spiro atoms. The minimum atomic E-state index is -0.782. The van der Waals surface area contributed by atoms with E-state index in [0.717, 1.165) is 25.7 Å². The second-order valence-electron chi connectivity index (χ2n) is 10.6. The molecule has 9 nitrogen and oxygen atoms in total. The molecule has 35 heavy (non-hydrogen) atoms. The van der Waals surface area contributed by atoms with Crippen molar-refractivity contribution in [3.63, 3.8) is 0 Å². The fourth-order valence-corrected chi connectivity index (χ4v) is 5.96. The Morgan fingerprint density at radius 1 is 1.17 bits per heavy atom. The highest BCUT2D eigenvalue weighted by molar-refractivity contribution is 6.07. The second-order valence-corrected chi connectivity index (χ2v) is 10.6. The maximum Gasteiger partial charge on any atom is 0.325 e. The number of likely N-dealkylation sites (tertiary alicyclic amines) is 1. The van der Waals surface area contributed by atoms with Crippen LogP contribution < -0.4 is 16.8 Å². The first kappa shape index (κ1) is 25.0. The summed E-state index contributed by atoms with van der Waals surface area (Å²) in [6.45, 7) is 5.69. The molecule has 2 saturated heterocycles. The van der Waals surface area contributed by atoms with E-state index in [9.17, 15) is 14.4 Å². The van der Waals surface area contributed by atoms with Crippen molar-refractivity contribution in [2.24, 2.45) is 22.4 Å². The number of piperidine rings is 1. The number of nitrogens with zero attached hydrogens (tertiary/aromatic N) is 3. The van der Waals surface area contributed by atoms with Gasteiger partial charge in [-0.25, -0.2) is 9.69 Å². The van der Waals surface area contributed by atoms with E-state index in [-0.39, 0.29) is 29.1 Å². The summed E-state index contributed by atoms with van der Waals surface area (Å²) in [6.07, 6.45) is 5.47. The monoisotopic (exact) mass is 482 g/mol. The third-order valence-corrected chi connectivity index (χ3v) is 7.78. The lowest BCUT2D eigenvalue weighted by Gasteiger charge is -2.42. The zero-order chi connectivity index (χ0) is 25.2. The van der Waals surface area contributed by atoms with Gasteiger partial charge >= 0.3 is 6.03 Å². The van der Waals surface area contributed by atoms with Gasteiger partial charge in [0.2, 0.25) is 5.91 Å². The van der Waals surface area contributed by atoms with E-state index >= 15 is 0 Å². The first-order chi connectivity index (χ1) is 16.7. The Morgan fingerprint density at radius 3 is 2.57 bits per heavy atom. The molecule has 5 N–H and O–H groups in total. The Kier molecular flexibility index (Phi) is 7.33. The number of guanidine groups is 1. The van der Waals surface area contributed by atoms with Crippen LogP contribution in [-0.4, -0.2) is 65.3 Å². The highest BCUT2D eigenvalue weighted by atomic mass is 16.2. The van der Waals surface area contributed by atoms with E-state index in [0.29, 0.717) is 38.9 Å². The van der Waals surface area contributed by atoms with Crippen molar-refractivity contribution in [3.8, 4) is 0 Å². The Hall–Kier alpha value is -3.10. The molecule has 2 aliphatic heterocycles. The number of urea groups is 1. The topological polar surface area (TPSA) is 134 Å². The van der Waals surface area contributed by atoms with E-state index in [1.54, 1.807) is 0 Å². The van der Waals surface area contributed by atoms with Crippen molar-refractivity contribution in [1.82, 2.24) is 15.1 Å². The van der Waals surface area contributed by atoms with Gasteiger partial charge in [0.15, 0.2) is 5.96 Å². The molecule has 1 aromatic carbocycles. The molecular formula is C26H38N6O3. The van der Waals surface area contributed by atoms with Gasteiger partial charge in [-0.1, -0.05) is 38.1 Å². The highest BCUT2D eigenvalue weighted by Gasteiger charge is 2.47. The van der Waals surface area contributed by atoms with E-state index in [1.165, 1.54) is 16.0 Å². The number of hydrogen-bond acceptors (Lipinski definition) is 4. The first-order valence-electron chi connectivity index (χ1n) is 12.8.